The van der Waals surface area contributed by atoms with E-state index in [9.17, 15) is 0 Å². The Morgan fingerprint density at radius 1 is 1.69 bits per heavy atom. The van der Waals surface area contributed by atoms with Crippen LogP contribution in [-0.4, -0.2) is 10.2 Å². The van der Waals surface area contributed by atoms with Crippen LogP contribution in [-0.2, 0) is 6.42 Å². The molecule has 0 bridgehead atoms. The lowest BCUT2D eigenvalue weighted by Gasteiger charge is -2.19. The Bertz CT molecular complexity index is 346. The van der Waals surface area contributed by atoms with E-state index in [-0.39, 0.29) is 0 Å². The van der Waals surface area contributed by atoms with Gasteiger partial charge in [-0.2, -0.15) is 10.4 Å². The Kier molecular flexibility index (Phi) is 2.05. The lowest BCUT2D eigenvalue weighted by atomic mass is 9.84. The Balaban J connectivity index is 2.36. The Hall–Kier alpha value is -1.30. The summed E-state index contributed by atoms with van der Waals surface area (Å²) in [7, 11) is 0. The van der Waals surface area contributed by atoms with E-state index in [0.717, 1.165) is 18.5 Å². The van der Waals surface area contributed by atoms with Crippen LogP contribution in [0.25, 0.3) is 0 Å². The summed E-state index contributed by atoms with van der Waals surface area (Å²) in [6.07, 6.45) is 4.01. The molecule has 0 aromatic carbocycles. The molecule has 1 N–H and O–H groups in total. The summed E-state index contributed by atoms with van der Waals surface area (Å²) in [5.41, 5.74) is 3.65. The minimum Gasteiger partial charge on any atom is -0.282 e. The van der Waals surface area contributed by atoms with E-state index in [0.29, 0.717) is 12.3 Å². The molecule has 2 rings (SSSR count). The standard InChI is InChI=1S/C10H13N3/c1-7-10-8(5-6-11)3-2-4-9(10)13-12-7/h8H,2-5H2,1H3,(H,12,13). The smallest absolute Gasteiger partial charge is 0.0660 e. The number of nitrogens with one attached hydrogen (secondary N) is 1. The molecule has 68 valence electrons. The second-order valence-electron chi connectivity index (χ2n) is 3.66. The number of nitrogens with zero attached hydrogens (tertiary/aromatic N) is 2. The van der Waals surface area contributed by atoms with Crippen LogP contribution in [0.4, 0.5) is 0 Å². The number of hydrogen-bond acceptors (Lipinski definition) is 2. The number of H-pyrrole nitrogens is 1. The fraction of sp³-hybridized carbons (Fsp3) is 0.600. The molecule has 0 radical (unpaired) electrons. The summed E-state index contributed by atoms with van der Waals surface area (Å²) >= 11 is 0. The highest BCUT2D eigenvalue weighted by atomic mass is 15.1. The van der Waals surface area contributed by atoms with Crippen LogP contribution >= 0.6 is 0 Å². The first-order valence-electron chi connectivity index (χ1n) is 4.73. The molecule has 0 amide bonds. The maximum atomic E-state index is 8.69. The minimum absolute atomic E-state index is 0.424. The second kappa shape index (κ2) is 3.21. The third-order valence-electron chi connectivity index (χ3n) is 2.79. The van der Waals surface area contributed by atoms with Gasteiger partial charge in [0.15, 0.2) is 0 Å². The Morgan fingerprint density at radius 2 is 2.54 bits per heavy atom. The van der Waals surface area contributed by atoms with Crippen molar-refractivity contribution in [1.29, 1.82) is 5.26 Å². The zero-order chi connectivity index (χ0) is 9.26. The fourth-order valence-corrected chi connectivity index (χ4v) is 2.20. The van der Waals surface area contributed by atoms with Gasteiger partial charge in [-0.05, 0) is 26.2 Å². The third kappa shape index (κ3) is 1.33. The molecule has 3 heteroatoms. The molecule has 0 saturated carbocycles. The average Bonchev–Trinajstić information content (AvgIpc) is 2.50. The maximum Gasteiger partial charge on any atom is 0.0660 e. The third-order valence-corrected chi connectivity index (χ3v) is 2.79. The van der Waals surface area contributed by atoms with Crippen LogP contribution in [0.15, 0.2) is 0 Å². The number of hydrogen-bond donors (Lipinski definition) is 1. The van der Waals surface area contributed by atoms with Gasteiger partial charge < -0.3 is 0 Å². The molecule has 0 aliphatic heterocycles. The molecule has 1 heterocycles. The molecule has 1 unspecified atom stereocenters. The van der Waals surface area contributed by atoms with Crippen molar-refractivity contribution in [2.24, 2.45) is 0 Å². The first-order valence-corrected chi connectivity index (χ1v) is 4.73. The molecule has 0 spiro atoms. The zero-order valence-corrected chi connectivity index (χ0v) is 7.80. The largest absolute Gasteiger partial charge is 0.282 e. The van der Waals surface area contributed by atoms with E-state index in [1.54, 1.807) is 0 Å². The molecule has 1 aliphatic carbocycles. The topological polar surface area (TPSA) is 52.5 Å². The van der Waals surface area contributed by atoms with E-state index in [4.69, 9.17) is 5.26 Å². The van der Waals surface area contributed by atoms with Gasteiger partial charge in [0.05, 0.1) is 11.8 Å². The molecule has 13 heavy (non-hydrogen) atoms. The molecular weight excluding hydrogens is 162 g/mol. The summed E-state index contributed by atoms with van der Waals surface area (Å²) in [6.45, 7) is 2.04. The minimum atomic E-state index is 0.424. The van der Waals surface area contributed by atoms with E-state index in [1.807, 2.05) is 6.92 Å². The van der Waals surface area contributed by atoms with Crippen LogP contribution in [0.1, 0.15) is 42.1 Å². The number of aromatic amines is 1. The van der Waals surface area contributed by atoms with Crippen molar-refractivity contribution < 1.29 is 0 Å². The van der Waals surface area contributed by atoms with Crippen molar-refractivity contribution in [3.05, 3.63) is 17.0 Å². The molecular formula is C10H13N3. The number of aromatic nitrogens is 2. The van der Waals surface area contributed by atoms with Gasteiger partial charge in [0.25, 0.3) is 0 Å². The number of fused-ring (bicyclic) bond motifs is 1. The number of aryl methyl sites for hydroxylation is 2. The van der Waals surface area contributed by atoms with Crippen molar-refractivity contribution >= 4 is 0 Å². The highest BCUT2D eigenvalue weighted by Crippen LogP contribution is 2.34. The fourth-order valence-electron chi connectivity index (χ4n) is 2.20. The quantitative estimate of drug-likeness (QED) is 0.710. The van der Waals surface area contributed by atoms with Crippen molar-refractivity contribution in [2.75, 3.05) is 0 Å². The van der Waals surface area contributed by atoms with Gasteiger partial charge in [-0.15, -0.1) is 0 Å². The van der Waals surface area contributed by atoms with Crippen molar-refractivity contribution in [3.63, 3.8) is 0 Å². The van der Waals surface area contributed by atoms with E-state index in [2.05, 4.69) is 16.3 Å². The molecule has 1 aromatic rings. The number of rotatable bonds is 1. The van der Waals surface area contributed by atoms with Crippen molar-refractivity contribution in [3.8, 4) is 6.07 Å². The van der Waals surface area contributed by atoms with Crippen LogP contribution in [0.2, 0.25) is 0 Å². The van der Waals surface area contributed by atoms with E-state index in [1.165, 1.54) is 17.7 Å². The number of nitriles is 1. The van der Waals surface area contributed by atoms with Crippen molar-refractivity contribution in [2.45, 2.75) is 38.5 Å². The first kappa shape index (κ1) is 8.31. The predicted octanol–water partition coefficient (Wildman–Crippen LogP) is 2.05. The van der Waals surface area contributed by atoms with Gasteiger partial charge in [0.2, 0.25) is 0 Å². The van der Waals surface area contributed by atoms with Gasteiger partial charge in [0.1, 0.15) is 0 Å². The predicted molar refractivity (Wildman–Crippen MR) is 49.2 cm³/mol. The SMILES string of the molecule is Cc1[nH]nc2c1C(CC#N)CCC2. The zero-order valence-electron chi connectivity index (χ0n) is 7.80. The van der Waals surface area contributed by atoms with E-state index < -0.39 is 0 Å². The first-order chi connectivity index (χ1) is 6.33. The van der Waals surface area contributed by atoms with Gasteiger partial charge in [0, 0.05) is 23.6 Å². The monoisotopic (exact) mass is 175 g/mol. The van der Waals surface area contributed by atoms with Crippen molar-refractivity contribution in [1.82, 2.24) is 10.2 Å². The van der Waals surface area contributed by atoms with E-state index >= 15 is 0 Å². The average molecular weight is 175 g/mol. The molecule has 1 aliphatic rings. The normalized spacial score (nSPS) is 20.8. The van der Waals surface area contributed by atoms with Crippen LogP contribution < -0.4 is 0 Å². The molecule has 0 fully saturated rings. The van der Waals surface area contributed by atoms with Gasteiger partial charge in [-0.3, -0.25) is 5.10 Å². The Labute approximate surface area is 77.8 Å². The summed E-state index contributed by atoms with van der Waals surface area (Å²) in [4.78, 5) is 0. The van der Waals surface area contributed by atoms with Crippen LogP contribution in [0, 0.1) is 18.3 Å². The summed E-state index contributed by atoms with van der Waals surface area (Å²) in [6, 6.07) is 2.25. The molecule has 1 aromatic heterocycles. The molecule has 0 saturated heterocycles. The van der Waals surface area contributed by atoms with Gasteiger partial charge >= 0.3 is 0 Å². The van der Waals surface area contributed by atoms with Crippen LogP contribution in [0.5, 0.6) is 0 Å². The summed E-state index contributed by atoms with van der Waals surface area (Å²) < 4.78 is 0. The van der Waals surface area contributed by atoms with Crippen LogP contribution in [0.3, 0.4) is 0 Å². The molecule has 3 nitrogen and oxygen atoms in total. The highest BCUT2D eigenvalue weighted by Gasteiger charge is 2.24. The van der Waals surface area contributed by atoms with Gasteiger partial charge in [-0.1, -0.05) is 0 Å². The summed E-state index contributed by atoms with van der Waals surface area (Å²) in [5, 5.41) is 16.0. The van der Waals surface area contributed by atoms with Gasteiger partial charge in [-0.25, -0.2) is 0 Å². The lowest BCUT2D eigenvalue weighted by molar-refractivity contribution is 0.556. The Morgan fingerprint density at radius 3 is 3.31 bits per heavy atom. The maximum absolute atomic E-state index is 8.69. The molecule has 1 atom stereocenters. The lowest BCUT2D eigenvalue weighted by Crippen LogP contribution is -2.08. The second-order valence-corrected chi connectivity index (χ2v) is 3.66. The highest BCUT2D eigenvalue weighted by molar-refractivity contribution is 5.31. The summed E-state index contributed by atoms with van der Waals surface area (Å²) in [5.74, 6) is 0.424.